The zero-order chi connectivity index (χ0) is 10.2. The van der Waals surface area contributed by atoms with Gasteiger partial charge in [0.25, 0.3) is 10.0 Å². The van der Waals surface area contributed by atoms with Crippen LogP contribution in [0.1, 0.15) is 0 Å². The average molecular weight is 224 g/mol. The van der Waals surface area contributed by atoms with E-state index in [9.17, 15) is 18.5 Å². The highest BCUT2D eigenvalue weighted by Crippen LogP contribution is 2.37. The molecule has 13 heavy (non-hydrogen) atoms. The van der Waals surface area contributed by atoms with Crippen molar-refractivity contribution in [2.75, 3.05) is 0 Å². The van der Waals surface area contributed by atoms with Gasteiger partial charge < -0.3 is 5.11 Å². The van der Waals surface area contributed by atoms with Gasteiger partial charge in [0, 0.05) is 0 Å². The molecule has 0 amide bonds. The summed E-state index contributed by atoms with van der Waals surface area (Å²) in [5.74, 6) is -0.905. The Balaban J connectivity index is 3.39. The molecule has 3 N–H and O–H groups in total. The minimum absolute atomic E-state index is 0.507. The maximum absolute atomic E-state index is 10.7. The Morgan fingerprint density at radius 2 is 2.15 bits per heavy atom. The number of nitro groups is 1. The zero-order valence-corrected chi connectivity index (χ0v) is 7.63. The summed E-state index contributed by atoms with van der Waals surface area (Å²) in [6.45, 7) is 0. The molecule has 1 heterocycles. The van der Waals surface area contributed by atoms with E-state index in [2.05, 4.69) is 5.14 Å². The summed E-state index contributed by atoms with van der Waals surface area (Å²) in [6, 6.07) is 0. The van der Waals surface area contributed by atoms with Crippen molar-refractivity contribution in [1.29, 1.82) is 0 Å². The van der Waals surface area contributed by atoms with Crippen molar-refractivity contribution in [3.8, 4) is 5.75 Å². The van der Waals surface area contributed by atoms with Crippen LogP contribution in [0, 0.1) is 10.1 Å². The molecule has 0 fully saturated rings. The molecular formula is C4H4N2O5S2. The number of hydrogen-bond donors (Lipinski definition) is 2. The van der Waals surface area contributed by atoms with Crippen molar-refractivity contribution in [1.82, 2.24) is 0 Å². The standard InChI is InChI=1S/C4H4N2O5S2/c5-13(10,11)4-3(7)2(1-12-4)6(8)9/h1,7H,(H2,5,10,11). The molecule has 0 spiro atoms. The first-order valence-corrected chi connectivity index (χ1v) is 5.24. The Bertz CT molecular complexity index is 447. The summed E-state index contributed by atoms with van der Waals surface area (Å²) in [7, 11) is -4.08. The third kappa shape index (κ3) is 1.76. The Morgan fingerprint density at radius 1 is 1.62 bits per heavy atom. The van der Waals surface area contributed by atoms with Gasteiger partial charge in [-0.2, -0.15) is 0 Å². The van der Waals surface area contributed by atoms with E-state index in [0.29, 0.717) is 11.3 Å². The average Bonchev–Trinajstić information content (AvgIpc) is 2.28. The first kappa shape index (κ1) is 9.89. The lowest BCUT2D eigenvalue weighted by molar-refractivity contribution is -0.385. The van der Waals surface area contributed by atoms with Crippen LogP contribution in [0.4, 0.5) is 5.69 Å². The van der Waals surface area contributed by atoms with E-state index in [0.717, 1.165) is 5.38 Å². The van der Waals surface area contributed by atoms with E-state index < -0.39 is 30.6 Å². The van der Waals surface area contributed by atoms with Crippen LogP contribution < -0.4 is 5.14 Å². The second-order valence-corrected chi connectivity index (χ2v) is 4.70. The Kier molecular flexibility index (Phi) is 2.24. The number of thiophene rings is 1. The van der Waals surface area contributed by atoms with Gasteiger partial charge in [-0.3, -0.25) is 10.1 Å². The highest BCUT2D eigenvalue weighted by molar-refractivity contribution is 7.91. The third-order valence-electron chi connectivity index (χ3n) is 1.17. The maximum Gasteiger partial charge on any atom is 0.322 e. The number of nitrogens with zero attached hydrogens (tertiary/aromatic N) is 1. The van der Waals surface area contributed by atoms with E-state index in [1.807, 2.05) is 0 Å². The van der Waals surface area contributed by atoms with Crippen LogP contribution in [0.5, 0.6) is 5.75 Å². The summed E-state index contributed by atoms with van der Waals surface area (Å²) in [4.78, 5) is 9.29. The minimum atomic E-state index is -4.08. The fourth-order valence-electron chi connectivity index (χ4n) is 0.657. The Hall–Kier alpha value is -1.19. The van der Waals surface area contributed by atoms with E-state index >= 15 is 0 Å². The molecule has 0 bridgehead atoms. The van der Waals surface area contributed by atoms with Gasteiger partial charge in [-0.05, 0) is 0 Å². The summed E-state index contributed by atoms with van der Waals surface area (Å²) in [5, 5.41) is 24.8. The van der Waals surface area contributed by atoms with E-state index in [4.69, 9.17) is 5.11 Å². The molecular weight excluding hydrogens is 220 g/mol. The highest BCUT2D eigenvalue weighted by atomic mass is 32.2. The van der Waals surface area contributed by atoms with Crippen molar-refractivity contribution >= 4 is 27.0 Å². The molecule has 1 rings (SSSR count). The second kappa shape index (κ2) is 2.94. The lowest BCUT2D eigenvalue weighted by Crippen LogP contribution is -2.10. The van der Waals surface area contributed by atoms with Gasteiger partial charge in [-0.25, -0.2) is 13.6 Å². The van der Waals surface area contributed by atoms with Gasteiger partial charge in [0.1, 0.15) is 0 Å². The predicted octanol–water partition coefficient (Wildman–Crippen LogP) is 0.00930. The fraction of sp³-hybridized carbons (Fsp3) is 0. The largest absolute Gasteiger partial charge is 0.501 e. The minimum Gasteiger partial charge on any atom is -0.501 e. The maximum atomic E-state index is 10.7. The molecule has 9 heteroatoms. The number of primary sulfonamides is 1. The van der Waals surface area contributed by atoms with E-state index in [1.165, 1.54) is 0 Å². The molecule has 7 nitrogen and oxygen atoms in total. The topological polar surface area (TPSA) is 124 Å². The molecule has 72 valence electrons. The summed E-state index contributed by atoms with van der Waals surface area (Å²) < 4.78 is 20.8. The lowest BCUT2D eigenvalue weighted by Gasteiger charge is -1.92. The van der Waals surface area contributed by atoms with Gasteiger partial charge in [0.05, 0.1) is 10.3 Å². The summed E-state index contributed by atoms with van der Waals surface area (Å²) >= 11 is 0.507. The van der Waals surface area contributed by atoms with Crippen molar-refractivity contribution in [3.63, 3.8) is 0 Å². The Labute approximate surface area is 76.6 Å². The van der Waals surface area contributed by atoms with Crippen molar-refractivity contribution < 1.29 is 18.4 Å². The number of nitrogens with two attached hydrogens (primary N) is 1. The quantitative estimate of drug-likeness (QED) is 0.540. The van der Waals surface area contributed by atoms with Crippen molar-refractivity contribution in [2.45, 2.75) is 4.21 Å². The molecule has 1 aromatic heterocycles. The Morgan fingerprint density at radius 3 is 2.38 bits per heavy atom. The molecule has 0 aliphatic heterocycles. The van der Waals surface area contributed by atoms with Gasteiger partial charge in [0.15, 0.2) is 4.21 Å². The van der Waals surface area contributed by atoms with Crippen LogP contribution in [0.2, 0.25) is 0 Å². The van der Waals surface area contributed by atoms with Crippen molar-refractivity contribution in [3.05, 3.63) is 15.5 Å². The molecule has 0 aliphatic carbocycles. The second-order valence-electron chi connectivity index (χ2n) is 2.06. The van der Waals surface area contributed by atoms with E-state index in [-0.39, 0.29) is 0 Å². The SMILES string of the molecule is NS(=O)(=O)c1scc([N+](=O)[O-])c1O. The predicted molar refractivity (Wildman–Crippen MR) is 44.0 cm³/mol. The molecule has 0 saturated heterocycles. The first-order valence-electron chi connectivity index (χ1n) is 2.81. The first-order chi connectivity index (χ1) is 5.84. The number of sulfonamides is 1. The molecule has 1 aromatic rings. The summed E-state index contributed by atoms with van der Waals surface area (Å²) in [5.41, 5.74) is -0.658. The number of rotatable bonds is 2. The third-order valence-corrected chi connectivity index (χ3v) is 3.61. The van der Waals surface area contributed by atoms with Gasteiger partial charge in [-0.1, -0.05) is 0 Å². The van der Waals surface area contributed by atoms with Gasteiger partial charge in [0.2, 0.25) is 5.75 Å². The number of aromatic hydroxyl groups is 1. The van der Waals surface area contributed by atoms with Gasteiger partial charge >= 0.3 is 5.69 Å². The monoisotopic (exact) mass is 224 g/mol. The molecule has 0 radical (unpaired) electrons. The fourth-order valence-corrected chi connectivity index (χ4v) is 2.34. The van der Waals surface area contributed by atoms with Crippen LogP contribution in [-0.4, -0.2) is 18.4 Å². The van der Waals surface area contributed by atoms with Crippen LogP contribution in [0.3, 0.4) is 0 Å². The summed E-state index contributed by atoms with van der Waals surface area (Å²) in [6.07, 6.45) is 0. The smallest absolute Gasteiger partial charge is 0.322 e. The lowest BCUT2D eigenvalue weighted by atomic mass is 10.5. The molecule has 0 aromatic carbocycles. The van der Waals surface area contributed by atoms with Crippen LogP contribution in [0.15, 0.2) is 9.59 Å². The van der Waals surface area contributed by atoms with Gasteiger partial charge in [-0.15, -0.1) is 11.3 Å². The van der Waals surface area contributed by atoms with Crippen LogP contribution in [-0.2, 0) is 10.0 Å². The normalized spacial score (nSPS) is 11.5. The highest BCUT2D eigenvalue weighted by Gasteiger charge is 2.26. The zero-order valence-electron chi connectivity index (χ0n) is 6.00. The van der Waals surface area contributed by atoms with Crippen LogP contribution in [0.25, 0.3) is 0 Å². The molecule has 0 saturated carbocycles. The molecule has 0 aliphatic rings. The van der Waals surface area contributed by atoms with E-state index in [1.54, 1.807) is 0 Å². The van der Waals surface area contributed by atoms with Crippen molar-refractivity contribution in [2.24, 2.45) is 5.14 Å². The van der Waals surface area contributed by atoms with Crippen LogP contribution >= 0.6 is 11.3 Å². The number of hydrogen-bond acceptors (Lipinski definition) is 6. The molecule has 0 atom stereocenters. The molecule has 0 unspecified atom stereocenters.